The zero-order chi connectivity index (χ0) is 18.0. The summed E-state index contributed by atoms with van der Waals surface area (Å²) in [6.07, 6.45) is 1.17. The van der Waals surface area contributed by atoms with Crippen molar-refractivity contribution >= 4 is 35.1 Å². The number of benzene rings is 1. The van der Waals surface area contributed by atoms with Gasteiger partial charge in [0.2, 0.25) is 5.91 Å². The first kappa shape index (κ1) is 17.0. The lowest BCUT2D eigenvalue weighted by Gasteiger charge is -2.17. The maximum atomic E-state index is 12.2. The van der Waals surface area contributed by atoms with E-state index in [1.807, 2.05) is 18.2 Å². The summed E-state index contributed by atoms with van der Waals surface area (Å²) in [5.41, 5.74) is 7.40. The van der Waals surface area contributed by atoms with Crippen LogP contribution in [0.5, 0.6) is 0 Å². The minimum Gasteiger partial charge on any atom is -0.392 e. The Kier molecular flexibility index (Phi) is 4.72. The second-order valence-corrected chi connectivity index (χ2v) is 6.10. The number of aromatic amines is 1. The molecule has 2 heterocycles. The molecule has 0 aliphatic carbocycles. The number of nitrogens with two attached hydrogens (primary N) is 2. The van der Waals surface area contributed by atoms with Crippen LogP contribution in [0.1, 0.15) is 28.2 Å². The summed E-state index contributed by atoms with van der Waals surface area (Å²) in [6, 6.07) is 5.60. The quantitative estimate of drug-likeness (QED) is 0.383. The molecule has 0 saturated heterocycles. The van der Waals surface area contributed by atoms with E-state index in [2.05, 4.69) is 20.6 Å². The molecule has 0 unspecified atom stereocenters. The van der Waals surface area contributed by atoms with Gasteiger partial charge in [-0.1, -0.05) is 12.1 Å². The fourth-order valence-electron chi connectivity index (χ4n) is 2.45. The summed E-state index contributed by atoms with van der Waals surface area (Å²) in [5.74, 6) is -0.753. The molecule has 0 radical (unpaired) electrons. The van der Waals surface area contributed by atoms with Gasteiger partial charge < -0.3 is 21.4 Å². The Bertz CT molecular complexity index is 911. The molecule has 0 bridgehead atoms. The maximum absolute atomic E-state index is 12.2. The average Bonchev–Trinajstić information content (AvgIpc) is 2.61. The topological polar surface area (TPSA) is 156 Å². The smallest absolute Gasteiger partial charge is 0.287 e. The molecule has 2 aromatic rings. The number of nitrogens with zero attached hydrogens (tertiary/aromatic N) is 1. The zero-order valence-corrected chi connectivity index (χ0v) is 13.9. The van der Waals surface area contributed by atoms with Crippen LogP contribution in [0.15, 0.2) is 28.0 Å². The Balaban J connectivity index is 1.73. The first-order chi connectivity index (χ1) is 12.0. The molecule has 1 aromatic carbocycles. The van der Waals surface area contributed by atoms with Crippen LogP contribution in [0.25, 0.3) is 0 Å². The zero-order valence-electron chi connectivity index (χ0n) is 13.1. The fraction of sp³-hybridized carbons (Fsp3) is 0.200. The van der Waals surface area contributed by atoms with E-state index in [0.29, 0.717) is 24.8 Å². The van der Waals surface area contributed by atoms with Gasteiger partial charge in [-0.15, -0.1) is 0 Å². The predicted molar refractivity (Wildman–Crippen MR) is 93.9 cm³/mol. The average molecular weight is 360 g/mol. The summed E-state index contributed by atoms with van der Waals surface area (Å²) in [5, 5.41) is 10.9. The number of hydrogen-bond acceptors (Lipinski definition) is 7. The van der Waals surface area contributed by atoms with Crippen LogP contribution in [-0.2, 0) is 17.8 Å². The van der Waals surface area contributed by atoms with Crippen molar-refractivity contribution in [2.45, 2.75) is 24.4 Å². The summed E-state index contributed by atoms with van der Waals surface area (Å²) < 4.78 is 0. The van der Waals surface area contributed by atoms with Gasteiger partial charge in [-0.2, -0.15) is 0 Å². The van der Waals surface area contributed by atoms with Gasteiger partial charge in [0.15, 0.2) is 5.82 Å². The Labute approximate surface area is 146 Å². The molecule has 1 aliphatic rings. The third-order valence-electron chi connectivity index (χ3n) is 3.77. The molecule has 1 aromatic heterocycles. The molecule has 25 heavy (non-hydrogen) atoms. The maximum Gasteiger partial charge on any atom is 0.287 e. The summed E-state index contributed by atoms with van der Waals surface area (Å²) >= 11 is 0.695. The van der Waals surface area contributed by atoms with Gasteiger partial charge in [0.25, 0.3) is 11.5 Å². The number of nitrogen functional groups attached to an aromatic ring is 1. The molecule has 7 N–H and O–H groups in total. The first-order valence-electron chi connectivity index (χ1n) is 7.44. The van der Waals surface area contributed by atoms with E-state index in [0.717, 1.165) is 16.8 Å². The van der Waals surface area contributed by atoms with Gasteiger partial charge in [0, 0.05) is 18.7 Å². The van der Waals surface area contributed by atoms with Crippen molar-refractivity contribution in [2.75, 3.05) is 11.1 Å². The summed E-state index contributed by atoms with van der Waals surface area (Å²) in [7, 11) is 0. The minimum absolute atomic E-state index is 0.0239. The van der Waals surface area contributed by atoms with Crippen molar-refractivity contribution in [3.8, 4) is 0 Å². The molecule has 0 fully saturated rings. The van der Waals surface area contributed by atoms with Gasteiger partial charge in [0.05, 0.1) is 0 Å². The number of carbonyl (C=O) groups is 2. The largest absolute Gasteiger partial charge is 0.392 e. The second-order valence-electron chi connectivity index (χ2n) is 5.47. The molecular formula is C15H16N6O3S. The van der Waals surface area contributed by atoms with Crippen molar-refractivity contribution in [3.63, 3.8) is 0 Å². The Morgan fingerprint density at radius 3 is 2.88 bits per heavy atom. The Hall–Kier alpha value is -2.85. The predicted octanol–water partition coefficient (Wildman–Crippen LogP) is 0.133. The van der Waals surface area contributed by atoms with Crippen LogP contribution in [0.4, 0.5) is 11.4 Å². The molecule has 9 nitrogen and oxygen atoms in total. The summed E-state index contributed by atoms with van der Waals surface area (Å²) in [4.78, 5) is 41.6. The molecule has 3 rings (SSSR count). The van der Waals surface area contributed by atoms with Gasteiger partial charge in [-0.3, -0.25) is 19.5 Å². The molecule has 1 aliphatic heterocycles. The Morgan fingerprint density at radius 1 is 1.32 bits per heavy atom. The first-order valence-corrected chi connectivity index (χ1v) is 8.32. The third-order valence-corrected chi connectivity index (χ3v) is 4.30. The van der Waals surface area contributed by atoms with Crippen LogP contribution >= 0.6 is 11.9 Å². The number of amides is 2. The van der Waals surface area contributed by atoms with E-state index in [4.69, 9.17) is 10.9 Å². The molecule has 130 valence electrons. The third kappa shape index (κ3) is 3.64. The number of aromatic nitrogens is 2. The number of anilines is 2. The van der Waals surface area contributed by atoms with E-state index < -0.39 is 11.5 Å². The standard InChI is InChI=1S/C15H16N6O3S/c16-11-13(23)20-12(21-15(11)25-17)14(24)18-6-7-1-2-8-3-4-10(22)19-9(8)5-7/h1-2,5H,3-4,6,16-17H2,(H,18,24)(H,19,22)(H,20,21,23). The van der Waals surface area contributed by atoms with Crippen molar-refractivity contribution in [1.82, 2.24) is 15.3 Å². The molecule has 0 atom stereocenters. The van der Waals surface area contributed by atoms with Crippen LogP contribution in [-0.4, -0.2) is 21.8 Å². The van der Waals surface area contributed by atoms with Crippen molar-refractivity contribution in [1.29, 1.82) is 0 Å². The minimum atomic E-state index is -0.621. The van der Waals surface area contributed by atoms with E-state index in [1.54, 1.807) is 0 Å². The highest BCUT2D eigenvalue weighted by Gasteiger charge is 2.16. The monoisotopic (exact) mass is 360 g/mol. The second kappa shape index (κ2) is 6.95. The van der Waals surface area contributed by atoms with Gasteiger partial charge in [-0.05, 0) is 35.6 Å². The van der Waals surface area contributed by atoms with Crippen molar-refractivity contribution in [3.05, 3.63) is 45.5 Å². The van der Waals surface area contributed by atoms with Gasteiger partial charge >= 0.3 is 0 Å². The number of aryl methyl sites for hydroxylation is 1. The number of hydrogen-bond donors (Lipinski definition) is 5. The summed E-state index contributed by atoms with van der Waals surface area (Å²) in [6.45, 7) is 0.209. The molecule has 0 spiro atoms. The molecule has 10 heteroatoms. The van der Waals surface area contributed by atoms with E-state index in [-0.39, 0.29) is 29.0 Å². The van der Waals surface area contributed by atoms with Gasteiger partial charge in [-0.25, -0.2) is 4.98 Å². The normalized spacial score (nSPS) is 13.1. The lowest BCUT2D eigenvalue weighted by atomic mass is 10.0. The van der Waals surface area contributed by atoms with Crippen molar-refractivity contribution < 1.29 is 9.59 Å². The van der Waals surface area contributed by atoms with Crippen LogP contribution in [0, 0.1) is 0 Å². The van der Waals surface area contributed by atoms with Crippen LogP contribution in [0.3, 0.4) is 0 Å². The highest BCUT2D eigenvalue weighted by Crippen LogP contribution is 2.23. The van der Waals surface area contributed by atoms with Gasteiger partial charge in [0.1, 0.15) is 10.7 Å². The molecular weight excluding hydrogens is 344 g/mol. The van der Waals surface area contributed by atoms with Crippen LogP contribution < -0.4 is 27.1 Å². The highest BCUT2D eigenvalue weighted by molar-refractivity contribution is 7.97. The van der Waals surface area contributed by atoms with E-state index >= 15 is 0 Å². The number of fused-ring (bicyclic) bond motifs is 1. The lowest BCUT2D eigenvalue weighted by molar-refractivity contribution is -0.116. The van der Waals surface area contributed by atoms with Crippen molar-refractivity contribution in [2.24, 2.45) is 5.14 Å². The number of nitrogens with one attached hydrogen (secondary N) is 3. The highest BCUT2D eigenvalue weighted by atomic mass is 32.2. The van der Waals surface area contributed by atoms with Crippen LogP contribution in [0.2, 0.25) is 0 Å². The number of rotatable bonds is 4. The SMILES string of the molecule is NSc1nc(C(=O)NCc2ccc3c(c2)NC(=O)CC3)[nH]c(=O)c1N. The number of carbonyl (C=O) groups excluding carboxylic acids is 2. The fourth-order valence-corrected chi connectivity index (χ4v) is 2.82. The lowest BCUT2D eigenvalue weighted by Crippen LogP contribution is -2.29. The Morgan fingerprint density at radius 2 is 2.12 bits per heavy atom. The molecule has 0 saturated carbocycles. The molecule has 2 amide bonds. The number of H-pyrrole nitrogens is 1. The van der Waals surface area contributed by atoms with E-state index in [1.165, 1.54) is 0 Å². The van der Waals surface area contributed by atoms with E-state index in [9.17, 15) is 14.4 Å².